The van der Waals surface area contributed by atoms with Crippen molar-refractivity contribution in [2.45, 2.75) is 43.8 Å². The molecular weight excluding hydrogens is 449 g/mol. The number of methoxy groups -OCH3 is 1. The van der Waals surface area contributed by atoms with Crippen molar-refractivity contribution in [2.24, 2.45) is 0 Å². The van der Waals surface area contributed by atoms with E-state index in [-0.39, 0.29) is 30.1 Å². The van der Waals surface area contributed by atoms with E-state index >= 15 is 0 Å². The largest absolute Gasteiger partial charge is 0.417 e. The predicted octanol–water partition coefficient (Wildman–Crippen LogP) is 2.79. The van der Waals surface area contributed by atoms with Crippen molar-refractivity contribution in [1.82, 2.24) is 19.6 Å². The zero-order valence-electron chi connectivity index (χ0n) is 18.6. The summed E-state index contributed by atoms with van der Waals surface area (Å²) in [4.78, 5) is 19.0. The van der Waals surface area contributed by atoms with E-state index in [0.717, 1.165) is 12.3 Å². The number of nitrogens with one attached hydrogen (secondary N) is 1. The highest BCUT2D eigenvalue weighted by molar-refractivity contribution is 5.93. The number of nitrogens with zero attached hydrogens (tertiary/aromatic N) is 3. The van der Waals surface area contributed by atoms with Gasteiger partial charge in [-0.15, -0.1) is 0 Å². The highest BCUT2D eigenvalue weighted by Crippen LogP contribution is 2.33. The number of hydrogen-bond acceptors (Lipinski definition) is 5. The lowest BCUT2D eigenvalue weighted by molar-refractivity contribution is -0.138. The summed E-state index contributed by atoms with van der Waals surface area (Å²) in [5.41, 5.74) is 1.53. The molecular formula is C24H25F3N4O3. The summed E-state index contributed by atoms with van der Waals surface area (Å²) in [6, 6.07) is 9.08. The minimum atomic E-state index is -4.54. The SMILES string of the molecule is COCc1cc(C(F)(F)F)cn2cc(C(=O)N3CCC4(Cc5ccccc5CN4)C(O)C3)nc12. The molecule has 1 amide bonds. The Bertz CT molecular complexity index is 1240. The third-order valence-corrected chi connectivity index (χ3v) is 6.88. The van der Waals surface area contributed by atoms with Crippen molar-refractivity contribution in [3.8, 4) is 0 Å². The number of carbonyl (C=O) groups excluding carboxylic acids is 1. The van der Waals surface area contributed by atoms with Gasteiger partial charge in [-0.1, -0.05) is 24.3 Å². The van der Waals surface area contributed by atoms with Crippen LogP contribution in [-0.2, 0) is 30.5 Å². The number of aliphatic hydroxyl groups excluding tert-OH is 1. The number of amides is 1. The van der Waals surface area contributed by atoms with Crippen LogP contribution in [0.3, 0.4) is 0 Å². The minimum Gasteiger partial charge on any atom is -0.389 e. The van der Waals surface area contributed by atoms with Crippen molar-refractivity contribution in [3.05, 3.63) is 70.7 Å². The van der Waals surface area contributed by atoms with Gasteiger partial charge in [0.05, 0.1) is 23.8 Å². The molecule has 4 heterocycles. The third-order valence-electron chi connectivity index (χ3n) is 6.88. The van der Waals surface area contributed by atoms with E-state index in [4.69, 9.17) is 4.74 Å². The summed E-state index contributed by atoms with van der Waals surface area (Å²) in [6.45, 7) is 1.09. The second-order valence-electron chi connectivity index (χ2n) is 9.01. The molecule has 2 unspecified atom stereocenters. The van der Waals surface area contributed by atoms with Gasteiger partial charge in [0.1, 0.15) is 11.3 Å². The quantitative estimate of drug-likeness (QED) is 0.611. The van der Waals surface area contributed by atoms with Crippen LogP contribution in [0.1, 0.15) is 39.2 Å². The number of β-amino-alcohol motifs (C(OH)–C–C–N with tert-alkyl or cyclic N) is 1. The van der Waals surface area contributed by atoms with E-state index in [0.29, 0.717) is 25.9 Å². The van der Waals surface area contributed by atoms with Crippen molar-refractivity contribution in [1.29, 1.82) is 0 Å². The first-order chi connectivity index (χ1) is 16.2. The number of alkyl halides is 3. The Kier molecular flexibility index (Phi) is 5.62. The summed E-state index contributed by atoms with van der Waals surface area (Å²) >= 11 is 0. The molecule has 3 aromatic rings. The topological polar surface area (TPSA) is 79.1 Å². The number of halogens is 3. The first-order valence-electron chi connectivity index (χ1n) is 11.1. The normalized spacial score (nSPS) is 22.9. The second-order valence-corrected chi connectivity index (χ2v) is 9.01. The van der Waals surface area contributed by atoms with Crippen molar-refractivity contribution in [3.63, 3.8) is 0 Å². The zero-order valence-corrected chi connectivity index (χ0v) is 18.6. The highest BCUT2D eigenvalue weighted by Gasteiger charge is 2.45. The number of imidazole rings is 1. The van der Waals surface area contributed by atoms with Gasteiger partial charge < -0.3 is 24.5 Å². The number of ether oxygens (including phenoxy) is 1. The Hall–Kier alpha value is -2.95. The fourth-order valence-electron chi connectivity index (χ4n) is 5.00. The summed E-state index contributed by atoms with van der Waals surface area (Å²) in [6.07, 6.45) is -1.89. The Morgan fingerprint density at radius 1 is 1.29 bits per heavy atom. The molecule has 0 aliphatic carbocycles. The predicted molar refractivity (Wildman–Crippen MR) is 117 cm³/mol. The molecule has 0 saturated carbocycles. The molecule has 5 rings (SSSR count). The van der Waals surface area contributed by atoms with Crippen LogP contribution in [0, 0.1) is 0 Å². The molecule has 10 heteroatoms. The van der Waals surface area contributed by atoms with E-state index in [1.54, 1.807) is 0 Å². The third kappa shape index (κ3) is 3.95. The van der Waals surface area contributed by atoms with E-state index in [9.17, 15) is 23.1 Å². The average Bonchev–Trinajstić information content (AvgIpc) is 3.25. The molecule has 1 fully saturated rings. The molecule has 0 radical (unpaired) electrons. The number of aliphatic hydroxyl groups is 1. The van der Waals surface area contributed by atoms with Crippen LogP contribution in [0.25, 0.3) is 5.65 Å². The van der Waals surface area contributed by atoms with Gasteiger partial charge in [-0.3, -0.25) is 4.79 Å². The zero-order chi connectivity index (χ0) is 24.1. The number of aromatic nitrogens is 2. The van der Waals surface area contributed by atoms with Gasteiger partial charge in [0, 0.05) is 44.7 Å². The van der Waals surface area contributed by atoms with Crippen molar-refractivity contribution in [2.75, 3.05) is 20.2 Å². The molecule has 2 atom stereocenters. The lowest BCUT2D eigenvalue weighted by atomic mass is 9.76. The van der Waals surface area contributed by atoms with Gasteiger partial charge in [-0.05, 0) is 30.0 Å². The fraction of sp³-hybridized carbons (Fsp3) is 0.417. The fourth-order valence-corrected chi connectivity index (χ4v) is 5.00. The molecule has 7 nitrogen and oxygen atoms in total. The Balaban J connectivity index is 1.38. The monoisotopic (exact) mass is 474 g/mol. The number of fused-ring (bicyclic) bond motifs is 2. The Labute approximate surface area is 194 Å². The molecule has 2 aliphatic rings. The van der Waals surface area contributed by atoms with Gasteiger partial charge in [-0.25, -0.2) is 4.98 Å². The van der Waals surface area contributed by atoms with Crippen LogP contribution in [0.2, 0.25) is 0 Å². The van der Waals surface area contributed by atoms with Crippen LogP contribution in [0.15, 0.2) is 42.7 Å². The van der Waals surface area contributed by atoms with Gasteiger partial charge >= 0.3 is 6.18 Å². The van der Waals surface area contributed by atoms with Crippen molar-refractivity contribution < 1.29 is 27.8 Å². The molecule has 0 bridgehead atoms. The number of pyridine rings is 1. The van der Waals surface area contributed by atoms with Crippen LogP contribution in [0.5, 0.6) is 0 Å². The molecule has 1 spiro atoms. The smallest absolute Gasteiger partial charge is 0.389 e. The highest BCUT2D eigenvalue weighted by atomic mass is 19.4. The summed E-state index contributed by atoms with van der Waals surface area (Å²) in [5, 5.41) is 14.5. The average molecular weight is 474 g/mol. The molecule has 2 aliphatic heterocycles. The Morgan fingerprint density at radius 2 is 2.06 bits per heavy atom. The first kappa shape index (κ1) is 22.8. The molecule has 1 saturated heterocycles. The maximum atomic E-state index is 13.3. The number of hydrogen-bond donors (Lipinski definition) is 2. The van der Waals surface area contributed by atoms with Gasteiger partial charge in [0.2, 0.25) is 0 Å². The summed E-state index contributed by atoms with van der Waals surface area (Å²) in [7, 11) is 1.38. The molecule has 2 N–H and O–H groups in total. The molecule has 34 heavy (non-hydrogen) atoms. The van der Waals surface area contributed by atoms with E-state index < -0.39 is 29.3 Å². The standard InChI is InChI=1S/C24H25F3N4O3/c1-34-14-17-8-18(24(25,26)27)11-31-12-19(29-21(17)31)22(33)30-7-6-23(20(32)13-30)9-15-4-2-3-5-16(15)10-28-23/h2-5,8,11-12,20,28,32H,6-7,9-10,13-14H2,1H3. The molecule has 180 valence electrons. The number of carbonyl (C=O) groups is 1. The molecule has 1 aromatic carbocycles. The maximum absolute atomic E-state index is 13.3. The van der Waals surface area contributed by atoms with Gasteiger partial charge in [0.25, 0.3) is 5.91 Å². The van der Waals surface area contributed by atoms with Crippen LogP contribution in [0.4, 0.5) is 13.2 Å². The van der Waals surface area contributed by atoms with E-state index in [1.807, 2.05) is 12.1 Å². The minimum absolute atomic E-state index is 0.0294. The van der Waals surface area contributed by atoms with Crippen LogP contribution >= 0.6 is 0 Å². The van der Waals surface area contributed by atoms with Crippen LogP contribution < -0.4 is 5.32 Å². The lowest BCUT2D eigenvalue weighted by Crippen LogP contribution is -2.65. The van der Waals surface area contributed by atoms with Gasteiger partial charge in [0.15, 0.2) is 0 Å². The first-order valence-corrected chi connectivity index (χ1v) is 11.1. The summed E-state index contributed by atoms with van der Waals surface area (Å²) in [5.74, 6) is -0.425. The number of piperidine rings is 1. The van der Waals surface area contributed by atoms with Crippen molar-refractivity contribution >= 4 is 11.6 Å². The molecule has 2 aromatic heterocycles. The van der Waals surface area contributed by atoms with E-state index in [2.05, 4.69) is 22.4 Å². The second kappa shape index (κ2) is 8.37. The maximum Gasteiger partial charge on any atom is 0.417 e. The lowest BCUT2D eigenvalue weighted by Gasteiger charge is -2.48. The summed E-state index contributed by atoms with van der Waals surface area (Å²) < 4.78 is 46.2. The van der Waals surface area contributed by atoms with Gasteiger partial charge in [-0.2, -0.15) is 13.2 Å². The number of benzene rings is 1. The van der Waals surface area contributed by atoms with Crippen LogP contribution in [-0.4, -0.2) is 57.1 Å². The van der Waals surface area contributed by atoms with E-state index in [1.165, 1.54) is 33.7 Å². The number of rotatable bonds is 3. The Morgan fingerprint density at radius 3 is 2.76 bits per heavy atom. The number of likely N-dealkylation sites (tertiary alicyclic amines) is 1.